The number of hydrogen-bond donors (Lipinski definition) is 2. The van der Waals surface area contributed by atoms with Gasteiger partial charge in [0.15, 0.2) is 6.29 Å². The molecule has 0 amide bonds. The molecular formula is C44H44N2O5S. The number of aliphatic hydroxyl groups is 1. The molecule has 0 bridgehead atoms. The van der Waals surface area contributed by atoms with Gasteiger partial charge in [-0.25, -0.2) is 13.1 Å². The van der Waals surface area contributed by atoms with E-state index in [-0.39, 0.29) is 36.3 Å². The van der Waals surface area contributed by atoms with Crippen LogP contribution < -0.4 is 4.72 Å². The summed E-state index contributed by atoms with van der Waals surface area (Å²) in [5, 5.41) is 12.1. The van der Waals surface area contributed by atoms with E-state index >= 15 is 0 Å². The van der Waals surface area contributed by atoms with Gasteiger partial charge in [-0.05, 0) is 76.3 Å². The zero-order valence-corrected chi connectivity index (χ0v) is 30.2. The monoisotopic (exact) mass is 712 g/mol. The highest BCUT2D eigenvalue weighted by atomic mass is 32.2. The van der Waals surface area contributed by atoms with Gasteiger partial charge in [0.2, 0.25) is 10.0 Å². The SMILES string of the molecule is C[C@H](c1ccc2ccccc2c1)N(C)C[C@H]1C[C@@H](c2ccc(CO)cc2)O[C@@H](c2ccc(-c3ccccc3CNS(=O)(=O)c3ccccc3)cc2)O1. The van der Waals surface area contributed by atoms with Crippen LogP contribution in [-0.4, -0.2) is 38.1 Å². The second kappa shape index (κ2) is 15.9. The first kappa shape index (κ1) is 35.7. The molecule has 6 aromatic carbocycles. The third kappa shape index (κ3) is 8.18. The zero-order chi connectivity index (χ0) is 36.1. The highest BCUT2D eigenvalue weighted by Gasteiger charge is 2.33. The molecule has 0 aliphatic carbocycles. The van der Waals surface area contributed by atoms with E-state index in [2.05, 4.69) is 66.1 Å². The third-order valence-electron chi connectivity index (χ3n) is 10.0. The Balaban J connectivity index is 1.10. The molecule has 0 aromatic heterocycles. The van der Waals surface area contributed by atoms with Gasteiger partial charge in [-0.1, -0.05) is 127 Å². The summed E-state index contributed by atoms with van der Waals surface area (Å²) in [6.45, 7) is 3.10. The molecule has 8 heteroatoms. The molecule has 1 aliphatic rings. The number of nitrogens with zero attached hydrogens (tertiary/aromatic N) is 1. The summed E-state index contributed by atoms with van der Waals surface area (Å²) in [4.78, 5) is 2.58. The van der Waals surface area contributed by atoms with Crippen molar-refractivity contribution < 1.29 is 23.0 Å². The van der Waals surface area contributed by atoms with E-state index in [1.807, 2.05) is 72.8 Å². The molecule has 7 rings (SSSR count). The fraction of sp³-hybridized carbons (Fsp3) is 0.227. The van der Waals surface area contributed by atoms with E-state index in [9.17, 15) is 13.5 Å². The van der Waals surface area contributed by atoms with Crippen LogP contribution in [0.2, 0.25) is 0 Å². The standard InChI is InChI=1S/C44H44N2O5S/c1-31(37-25-20-33-10-6-7-11-38(33)26-37)46(2)29-40-27-43(35-18-16-32(30-47)17-19-35)51-44(50-40)36-23-21-34(22-24-36)42-15-9-8-12-39(42)28-45-52(48,49)41-13-4-3-5-14-41/h3-26,31,40,43-45,47H,27-30H2,1-2H3/t31-,40-,43+,44+/m1/s1. The van der Waals surface area contributed by atoms with E-state index in [0.29, 0.717) is 13.0 Å². The molecule has 266 valence electrons. The minimum Gasteiger partial charge on any atom is -0.392 e. The first-order valence-corrected chi connectivity index (χ1v) is 19.2. The molecule has 0 unspecified atom stereocenters. The predicted molar refractivity (Wildman–Crippen MR) is 206 cm³/mol. The Labute approximate surface area is 306 Å². The van der Waals surface area contributed by atoms with Gasteiger partial charge in [-0.2, -0.15) is 0 Å². The smallest absolute Gasteiger partial charge is 0.240 e. The van der Waals surface area contributed by atoms with Gasteiger partial charge in [-0.15, -0.1) is 0 Å². The highest BCUT2D eigenvalue weighted by Crippen LogP contribution is 2.39. The highest BCUT2D eigenvalue weighted by molar-refractivity contribution is 7.89. The number of rotatable bonds is 12. The minimum absolute atomic E-state index is 0.00794. The van der Waals surface area contributed by atoms with Crippen molar-refractivity contribution in [2.75, 3.05) is 13.6 Å². The number of likely N-dealkylation sites (N-methyl/N-ethyl adjacent to an activating group) is 1. The van der Waals surface area contributed by atoms with Crippen molar-refractivity contribution in [1.29, 1.82) is 0 Å². The molecule has 2 N–H and O–H groups in total. The number of hydrogen-bond acceptors (Lipinski definition) is 6. The van der Waals surface area contributed by atoms with Gasteiger partial charge in [-0.3, -0.25) is 4.90 Å². The average Bonchev–Trinajstić information content (AvgIpc) is 3.20. The summed E-state index contributed by atoms with van der Waals surface area (Å²) in [6, 6.07) is 47.6. The zero-order valence-electron chi connectivity index (χ0n) is 29.4. The van der Waals surface area contributed by atoms with Crippen LogP contribution in [0.3, 0.4) is 0 Å². The lowest BCUT2D eigenvalue weighted by Gasteiger charge is -2.39. The lowest BCUT2D eigenvalue weighted by Crippen LogP contribution is -2.38. The number of aliphatic hydroxyl groups excluding tert-OH is 1. The summed E-state index contributed by atoms with van der Waals surface area (Å²) in [6.07, 6.45) is -0.201. The molecule has 1 aliphatic heterocycles. The molecule has 7 nitrogen and oxygen atoms in total. The second-order valence-corrected chi connectivity index (χ2v) is 15.3. The normalized spacial score (nSPS) is 18.4. The van der Waals surface area contributed by atoms with Crippen molar-refractivity contribution in [2.24, 2.45) is 0 Å². The van der Waals surface area contributed by atoms with Crippen molar-refractivity contribution in [2.45, 2.75) is 55.9 Å². The number of ether oxygens (including phenoxy) is 2. The number of fused-ring (bicyclic) bond motifs is 1. The molecule has 0 saturated carbocycles. The molecule has 52 heavy (non-hydrogen) atoms. The van der Waals surface area contributed by atoms with Gasteiger partial charge in [0.25, 0.3) is 0 Å². The summed E-state index contributed by atoms with van der Waals surface area (Å²) >= 11 is 0. The van der Waals surface area contributed by atoms with E-state index in [4.69, 9.17) is 9.47 Å². The summed E-state index contributed by atoms with van der Waals surface area (Å²) in [5.74, 6) is 0. The summed E-state index contributed by atoms with van der Waals surface area (Å²) in [5.41, 5.74) is 6.84. The lowest BCUT2D eigenvalue weighted by molar-refractivity contribution is -0.253. The molecule has 1 saturated heterocycles. The van der Waals surface area contributed by atoms with Crippen molar-refractivity contribution in [3.63, 3.8) is 0 Å². The number of nitrogens with one attached hydrogen (secondary N) is 1. The van der Waals surface area contributed by atoms with Crippen LogP contribution in [0.25, 0.3) is 21.9 Å². The van der Waals surface area contributed by atoms with Gasteiger partial charge in [0, 0.05) is 31.1 Å². The average molecular weight is 713 g/mol. The predicted octanol–water partition coefficient (Wildman–Crippen LogP) is 8.72. The number of benzene rings is 6. The fourth-order valence-electron chi connectivity index (χ4n) is 6.87. The maximum atomic E-state index is 12.9. The third-order valence-corrected chi connectivity index (χ3v) is 11.5. The van der Waals surface area contributed by atoms with Crippen molar-refractivity contribution in [3.8, 4) is 11.1 Å². The topological polar surface area (TPSA) is 88.1 Å². The molecule has 0 radical (unpaired) electrons. The van der Waals surface area contributed by atoms with Crippen LogP contribution in [0.5, 0.6) is 0 Å². The van der Waals surface area contributed by atoms with E-state index in [1.54, 1.807) is 30.3 Å². The van der Waals surface area contributed by atoms with Crippen LogP contribution in [-0.2, 0) is 32.6 Å². The maximum Gasteiger partial charge on any atom is 0.240 e. The molecular weight excluding hydrogens is 669 g/mol. The largest absolute Gasteiger partial charge is 0.392 e. The number of sulfonamides is 1. The Morgan fingerprint density at radius 2 is 1.44 bits per heavy atom. The van der Waals surface area contributed by atoms with Gasteiger partial charge < -0.3 is 14.6 Å². The Kier molecular flexibility index (Phi) is 10.9. The summed E-state index contributed by atoms with van der Waals surface area (Å²) in [7, 11) is -1.51. The van der Waals surface area contributed by atoms with Crippen LogP contribution in [0.4, 0.5) is 0 Å². The van der Waals surface area contributed by atoms with Gasteiger partial charge in [0.1, 0.15) is 0 Å². The van der Waals surface area contributed by atoms with Crippen LogP contribution in [0.1, 0.15) is 59.6 Å². The van der Waals surface area contributed by atoms with Crippen molar-refractivity contribution in [3.05, 3.63) is 173 Å². The Bertz CT molecular complexity index is 2210. The van der Waals surface area contributed by atoms with Crippen LogP contribution in [0, 0.1) is 0 Å². The molecule has 6 aromatic rings. The second-order valence-electron chi connectivity index (χ2n) is 13.5. The van der Waals surface area contributed by atoms with Crippen molar-refractivity contribution >= 4 is 20.8 Å². The van der Waals surface area contributed by atoms with E-state index in [0.717, 1.165) is 33.4 Å². The van der Waals surface area contributed by atoms with E-state index in [1.165, 1.54) is 16.3 Å². The molecule has 1 heterocycles. The first-order valence-electron chi connectivity index (χ1n) is 17.7. The maximum absolute atomic E-state index is 12.9. The van der Waals surface area contributed by atoms with Crippen LogP contribution in [0.15, 0.2) is 150 Å². The fourth-order valence-corrected chi connectivity index (χ4v) is 7.89. The lowest BCUT2D eigenvalue weighted by atomic mass is 9.97. The Morgan fingerprint density at radius 1 is 0.769 bits per heavy atom. The molecule has 0 spiro atoms. The quantitative estimate of drug-likeness (QED) is 0.132. The van der Waals surface area contributed by atoms with Gasteiger partial charge in [0.05, 0.1) is 23.7 Å². The Hall–Kier alpha value is -4.67. The van der Waals surface area contributed by atoms with Crippen LogP contribution >= 0.6 is 0 Å². The molecule has 4 atom stereocenters. The first-order chi connectivity index (χ1) is 25.3. The van der Waals surface area contributed by atoms with Gasteiger partial charge >= 0.3 is 0 Å². The summed E-state index contributed by atoms with van der Waals surface area (Å²) < 4.78 is 42.0. The van der Waals surface area contributed by atoms with E-state index < -0.39 is 16.3 Å². The minimum atomic E-state index is -3.65. The Morgan fingerprint density at radius 3 is 2.19 bits per heavy atom. The molecule has 1 fully saturated rings. The van der Waals surface area contributed by atoms with Crippen molar-refractivity contribution in [1.82, 2.24) is 9.62 Å².